The molecule has 0 fully saturated rings. The fourth-order valence-electron chi connectivity index (χ4n) is 2.30. The summed E-state index contributed by atoms with van der Waals surface area (Å²) in [6.07, 6.45) is -6.27. The van der Waals surface area contributed by atoms with Gasteiger partial charge in [0.1, 0.15) is 5.01 Å². The lowest BCUT2D eigenvalue weighted by Crippen LogP contribution is -2.46. The van der Waals surface area contributed by atoms with Crippen molar-refractivity contribution in [3.63, 3.8) is 0 Å². The van der Waals surface area contributed by atoms with Crippen molar-refractivity contribution in [1.29, 1.82) is 0 Å². The third-order valence-corrected chi connectivity index (χ3v) is 5.34. The van der Waals surface area contributed by atoms with Gasteiger partial charge in [0, 0.05) is 21.1 Å². The van der Waals surface area contributed by atoms with Gasteiger partial charge in [-0.15, -0.1) is 11.3 Å². The molecule has 2 atom stereocenters. The summed E-state index contributed by atoms with van der Waals surface area (Å²) in [7, 11) is 0. The van der Waals surface area contributed by atoms with Crippen LogP contribution in [0.2, 0.25) is 10.0 Å². The first-order chi connectivity index (χ1) is 11.9. The van der Waals surface area contributed by atoms with Crippen LogP contribution in [0.3, 0.4) is 0 Å². The van der Waals surface area contributed by atoms with E-state index in [9.17, 15) is 23.1 Å². The molecule has 1 aromatic heterocycles. The van der Waals surface area contributed by atoms with Crippen LogP contribution in [0.1, 0.15) is 35.7 Å². The van der Waals surface area contributed by atoms with Crippen LogP contribution in [0, 0.1) is 6.92 Å². The molecule has 2 rings (SSSR count). The van der Waals surface area contributed by atoms with Crippen molar-refractivity contribution in [3.05, 3.63) is 49.9 Å². The van der Waals surface area contributed by atoms with Crippen molar-refractivity contribution in [1.82, 2.24) is 10.3 Å². The van der Waals surface area contributed by atoms with Crippen LogP contribution in [0.25, 0.3) is 0 Å². The second-order valence-electron chi connectivity index (χ2n) is 5.78. The minimum absolute atomic E-state index is 0.270. The normalized spacial score (nSPS) is 15.4. The van der Waals surface area contributed by atoms with Crippen molar-refractivity contribution in [2.45, 2.75) is 38.1 Å². The lowest BCUT2D eigenvalue weighted by Gasteiger charge is -2.28. The number of aromatic nitrogens is 1. The number of nitrogens with zero attached hydrogens (tertiary/aromatic N) is 1. The lowest BCUT2D eigenvalue weighted by molar-refractivity contribution is -0.267. The average Bonchev–Trinajstić information content (AvgIpc) is 2.92. The number of benzene rings is 1. The summed E-state index contributed by atoms with van der Waals surface area (Å²) in [4.78, 5) is 15.9. The first kappa shape index (κ1) is 21.0. The topological polar surface area (TPSA) is 62.2 Å². The summed E-state index contributed by atoms with van der Waals surface area (Å²) in [5, 5.41) is 14.1. The standard InChI is InChI=1S/C16H15Cl2F3N2O2S/c1-8-7-26-14(22-8)15(25,16(19,20)21)6-13(24)23-9(2)11-4-3-10(17)5-12(11)18/h3-5,7,9,25H,6H2,1-2H3,(H,23,24). The Morgan fingerprint density at radius 3 is 2.54 bits per heavy atom. The molecule has 142 valence electrons. The molecule has 4 nitrogen and oxygen atoms in total. The van der Waals surface area contributed by atoms with E-state index in [0.717, 1.165) is 0 Å². The molecule has 0 aliphatic carbocycles. The van der Waals surface area contributed by atoms with Gasteiger partial charge in [-0.3, -0.25) is 4.79 Å². The first-order valence-corrected chi connectivity index (χ1v) is 9.03. The van der Waals surface area contributed by atoms with E-state index in [1.165, 1.54) is 18.4 Å². The number of aryl methyl sites for hydroxylation is 1. The maximum absolute atomic E-state index is 13.4. The minimum atomic E-state index is -5.06. The molecule has 0 radical (unpaired) electrons. The predicted octanol–water partition coefficient (Wildman–Crippen LogP) is 4.78. The molecule has 2 unspecified atom stereocenters. The van der Waals surface area contributed by atoms with E-state index in [0.29, 0.717) is 27.6 Å². The second-order valence-corrected chi connectivity index (χ2v) is 7.49. The van der Waals surface area contributed by atoms with E-state index in [4.69, 9.17) is 23.2 Å². The fraction of sp³-hybridized carbons (Fsp3) is 0.375. The zero-order valence-corrected chi connectivity index (χ0v) is 16.0. The van der Waals surface area contributed by atoms with Gasteiger partial charge in [0.2, 0.25) is 11.5 Å². The highest BCUT2D eigenvalue weighted by Gasteiger charge is 2.58. The molecule has 2 N–H and O–H groups in total. The Morgan fingerprint density at radius 1 is 1.38 bits per heavy atom. The highest BCUT2D eigenvalue weighted by Crippen LogP contribution is 2.43. The van der Waals surface area contributed by atoms with Crippen LogP contribution in [-0.4, -0.2) is 22.2 Å². The van der Waals surface area contributed by atoms with Crippen LogP contribution in [0.15, 0.2) is 23.6 Å². The zero-order chi connectivity index (χ0) is 19.7. The van der Waals surface area contributed by atoms with Gasteiger partial charge >= 0.3 is 6.18 Å². The number of thiazole rings is 1. The number of halogens is 5. The van der Waals surface area contributed by atoms with Gasteiger partial charge in [-0.05, 0) is 31.5 Å². The van der Waals surface area contributed by atoms with Crippen LogP contribution < -0.4 is 5.32 Å². The Balaban J connectivity index is 2.20. The molecular formula is C16H15Cl2F3N2O2S. The molecule has 2 aromatic rings. The summed E-state index contributed by atoms with van der Waals surface area (Å²) < 4.78 is 40.3. The van der Waals surface area contributed by atoms with Crippen molar-refractivity contribution in [2.24, 2.45) is 0 Å². The van der Waals surface area contributed by atoms with Crippen LogP contribution >= 0.6 is 34.5 Å². The Kier molecular flexibility index (Phi) is 6.22. The summed E-state index contributed by atoms with van der Waals surface area (Å²) in [5.74, 6) is -0.990. The zero-order valence-electron chi connectivity index (χ0n) is 13.7. The molecule has 0 aliphatic heterocycles. The van der Waals surface area contributed by atoms with E-state index in [1.807, 2.05) is 0 Å². The number of rotatable bonds is 5. The summed E-state index contributed by atoms with van der Waals surface area (Å²) in [5.41, 5.74) is -2.54. The SMILES string of the molecule is Cc1csc(C(O)(CC(=O)NC(C)c2ccc(Cl)cc2Cl)C(F)(F)F)n1. The monoisotopic (exact) mass is 426 g/mol. The lowest BCUT2D eigenvalue weighted by atomic mass is 9.98. The van der Waals surface area contributed by atoms with Crippen molar-refractivity contribution in [3.8, 4) is 0 Å². The third-order valence-electron chi connectivity index (χ3n) is 3.66. The summed E-state index contributed by atoms with van der Waals surface area (Å²) in [6.45, 7) is 3.06. The van der Waals surface area contributed by atoms with Crippen LogP contribution in [0.4, 0.5) is 13.2 Å². The number of amides is 1. The van der Waals surface area contributed by atoms with Gasteiger partial charge in [0.15, 0.2) is 0 Å². The quantitative estimate of drug-likeness (QED) is 0.723. The fourth-order valence-corrected chi connectivity index (χ4v) is 3.78. The van der Waals surface area contributed by atoms with Gasteiger partial charge in [0.05, 0.1) is 12.5 Å². The Labute approximate surface area is 162 Å². The molecule has 0 bridgehead atoms. The number of carbonyl (C=O) groups is 1. The van der Waals surface area contributed by atoms with Crippen molar-refractivity contribution < 1.29 is 23.1 Å². The van der Waals surface area contributed by atoms with Gasteiger partial charge < -0.3 is 10.4 Å². The molecule has 26 heavy (non-hydrogen) atoms. The highest BCUT2D eigenvalue weighted by atomic mass is 35.5. The molecule has 0 aliphatic rings. The number of carbonyl (C=O) groups excluding carboxylic acids is 1. The van der Waals surface area contributed by atoms with E-state index in [2.05, 4.69) is 10.3 Å². The molecule has 1 amide bonds. The Hall–Kier alpha value is -1.35. The average molecular weight is 427 g/mol. The molecular weight excluding hydrogens is 412 g/mol. The maximum atomic E-state index is 13.4. The van der Waals surface area contributed by atoms with E-state index in [-0.39, 0.29) is 5.02 Å². The van der Waals surface area contributed by atoms with Gasteiger partial charge in [-0.1, -0.05) is 29.3 Å². The first-order valence-electron chi connectivity index (χ1n) is 7.40. The molecule has 0 saturated carbocycles. The van der Waals surface area contributed by atoms with Crippen LogP contribution in [0.5, 0.6) is 0 Å². The van der Waals surface area contributed by atoms with Crippen molar-refractivity contribution in [2.75, 3.05) is 0 Å². The molecule has 1 heterocycles. The van der Waals surface area contributed by atoms with E-state index in [1.54, 1.807) is 19.1 Å². The van der Waals surface area contributed by atoms with Crippen LogP contribution in [-0.2, 0) is 10.4 Å². The molecule has 10 heteroatoms. The van der Waals surface area contributed by atoms with E-state index >= 15 is 0 Å². The number of nitrogens with one attached hydrogen (secondary N) is 1. The van der Waals surface area contributed by atoms with Gasteiger partial charge in [0.25, 0.3) is 0 Å². The number of hydrogen-bond donors (Lipinski definition) is 2. The number of alkyl halides is 3. The summed E-state index contributed by atoms with van der Waals surface area (Å²) in [6, 6.07) is 3.90. The molecule has 0 spiro atoms. The predicted molar refractivity (Wildman–Crippen MR) is 94.4 cm³/mol. The number of aliphatic hydroxyl groups is 1. The van der Waals surface area contributed by atoms with E-state index < -0.39 is 35.2 Å². The van der Waals surface area contributed by atoms with Gasteiger partial charge in [-0.2, -0.15) is 13.2 Å². The van der Waals surface area contributed by atoms with Gasteiger partial charge in [-0.25, -0.2) is 4.98 Å². The number of hydrogen-bond acceptors (Lipinski definition) is 4. The Morgan fingerprint density at radius 2 is 2.04 bits per heavy atom. The Bertz CT molecular complexity index is 813. The summed E-state index contributed by atoms with van der Waals surface area (Å²) >= 11 is 12.5. The largest absolute Gasteiger partial charge is 0.424 e. The third kappa shape index (κ3) is 4.49. The maximum Gasteiger partial charge on any atom is 0.424 e. The highest BCUT2D eigenvalue weighted by molar-refractivity contribution is 7.09. The van der Waals surface area contributed by atoms with Crippen molar-refractivity contribution >= 4 is 40.4 Å². The molecule has 1 aromatic carbocycles. The minimum Gasteiger partial charge on any atom is -0.374 e. The second kappa shape index (κ2) is 7.72. The smallest absolute Gasteiger partial charge is 0.374 e. The molecule has 0 saturated heterocycles.